The van der Waals surface area contributed by atoms with Crippen molar-refractivity contribution in [2.75, 3.05) is 26.2 Å². The number of nitrogens with zero attached hydrogens (tertiary/aromatic N) is 2. The highest BCUT2D eigenvalue weighted by atomic mass is 35.5. The van der Waals surface area contributed by atoms with E-state index in [4.69, 9.17) is 28.9 Å². The lowest BCUT2D eigenvalue weighted by molar-refractivity contribution is -0.166. The van der Waals surface area contributed by atoms with Crippen molar-refractivity contribution in [2.45, 2.75) is 44.1 Å². The summed E-state index contributed by atoms with van der Waals surface area (Å²) in [6.45, 7) is 3.20. The van der Waals surface area contributed by atoms with Crippen LogP contribution in [0.1, 0.15) is 44.1 Å². The van der Waals surface area contributed by atoms with E-state index in [1.807, 2.05) is 4.90 Å². The Hall–Kier alpha value is -1.96. The second-order valence-corrected chi connectivity index (χ2v) is 8.64. The first-order valence-electron chi connectivity index (χ1n) is 10.2. The zero-order valence-corrected chi connectivity index (χ0v) is 18.3. The number of carbonyl (C=O) groups is 2. The molecule has 9 heteroatoms. The highest BCUT2D eigenvalue weighted by molar-refractivity contribution is 6.42. The molecule has 2 saturated heterocycles. The molecule has 1 aromatic carbocycles. The molecule has 1 aromatic rings. The number of aliphatic carboxylic acids is 1. The van der Waals surface area contributed by atoms with Crippen LogP contribution in [0, 0.1) is 0 Å². The normalized spacial score (nSPS) is 20.9. The predicted octanol–water partition coefficient (Wildman–Crippen LogP) is 1.20. The highest BCUT2D eigenvalue weighted by Crippen LogP contribution is 2.23. The minimum absolute atomic E-state index is 0.0870. The van der Waals surface area contributed by atoms with Gasteiger partial charge in [0.15, 0.2) is 0 Å². The van der Waals surface area contributed by atoms with Crippen LogP contribution in [0.3, 0.4) is 0 Å². The van der Waals surface area contributed by atoms with E-state index in [0.717, 1.165) is 64.7 Å². The first-order chi connectivity index (χ1) is 14.2. The smallest absolute Gasteiger partial charge is 0.350 e. The summed E-state index contributed by atoms with van der Waals surface area (Å²) in [6.07, 6.45) is 9.76. The minimum atomic E-state index is -2.93. The molecule has 0 aromatic heterocycles. The molecule has 3 rings (SSSR count). The largest absolute Gasteiger partial charge is 0.478 e. The summed E-state index contributed by atoms with van der Waals surface area (Å²) in [6, 6.07) is 1.41. The number of halogens is 2. The summed E-state index contributed by atoms with van der Waals surface area (Å²) < 4.78 is 0. The van der Waals surface area contributed by atoms with Gasteiger partial charge in [-0.05, 0) is 44.6 Å². The van der Waals surface area contributed by atoms with Gasteiger partial charge in [0.25, 0.3) is 11.5 Å². The number of hydrogen-bond donors (Lipinski definition) is 3. The van der Waals surface area contributed by atoms with Crippen molar-refractivity contribution in [1.82, 2.24) is 9.80 Å². The number of carbonyl (C=O) groups excluding carboxylic acids is 1. The molecule has 7 nitrogen and oxygen atoms in total. The Morgan fingerprint density at radius 2 is 1.43 bits per heavy atom. The molecule has 0 radical (unpaired) electrons. The van der Waals surface area contributed by atoms with E-state index in [2.05, 4.69) is 4.90 Å². The number of aliphatic hydroxyl groups is 1. The van der Waals surface area contributed by atoms with Gasteiger partial charge in [0.05, 0.1) is 10.0 Å². The second kappa shape index (κ2) is 9.45. The van der Waals surface area contributed by atoms with Gasteiger partial charge in [-0.25, -0.2) is 4.79 Å². The Morgan fingerprint density at radius 1 is 0.933 bits per heavy atom. The molecule has 2 aliphatic rings. The summed E-state index contributed by atoms with van der Waals surface area (Å²) >= 11 is 13.1. The molecule has 164 valence electrons. The van der Waals surface area contributed by atoms with E-state index in [1.54, 1.807) is 12.4 Å². The lowest BCUT2D eigenvalue weighted by Crippen LogP contribution is -2.51. The van der Waals surface area contributed by atoms with E-state index in [1.165, 1.54) is 6.07 Å². The van der Waals surface area contributed by atoms with Crippen LogP contribution in [-0.2, 0) is 15.2 Å². The Balaban J connectivity index is 2.26. The molecule has 4 N–H and O–H groups in total. The van der Waals surface area contributed by atoms with Crippen molar-refractivity contribution >= 4 is 47.5 Å². The number of hydrogen-bond acceptors (Lipinski definition) is 5. The number of primary amides is 1. The molecule has 30 heavy (non-hydrogen) atoms. The van der Waals surface area contributed by atoms with Crippen molar-refractivity contribution in [3.05, 3.63) is 32.1 Å². The quantitative estimate of drug-likeness (QED) is 0.575. The standard InChI is InChI=1S/C21H27Cl2N3O4/c22-17-14(12-25-7-3-1-4-8-25)11-16(21(30,19(24)27)20(28)29)15(18(17)23)13-26-9-5-2-6-10-26/h11-13,30H,1-10H2,(H2,24,27)(H,28,29). The van der Waals surface area contributed by atoms with Gasteiger partial charge in [0, 0.05) is 54.6 Å². The molecular weight excluding hydrogens is 429 g/mol. The first kappa shape index (κ1) is 22.7. The number of rotatable bonds is 5. The maximum atomic E-state index is 12.1. The summed E-state index contributed by atoms with van der Waals surface area (Å²) in [7, 11) is 0. The first-order valence-corrected chi connectivity index (χ1v) is 11.0. The van der Waals surface area contributed by atoms with Gasteiger partial charge in [-0.3, -0.25) is 4.79 Å². The van der Waals surface area contributed by atoms with Crippen molar-refractivity contribution in [1.29, 1.82) is 0 Å². The lowest BCUT2D eigenvalue weighted by Gasteiger charge is -2.27. The van der Waals surface area contributed by atoms with Gasteiger partial charge in [-0.15, -0.1) is 0 Å². The molecule has 0 spiro atoms. The molecule has 0 saturated carbocycles. The fourth-order valence-corrected chi connectivity index (χ4v) is 4.47. The maximum Gasteiger partial charge on any atom is 0.350 e. The monoisotopic (exact) mass is 455 g/mol. The number of carboxylic acids is 1. The van der Waals surface area contributed by atoms with Crippen LogP contribution in [0.2, 0.25) is 10.0 Å². The average Bonchev–Trinajstić information content (AvgIpc) is 2.74. The summed E-state index contributed by atoms with van der Waals surface area (Å²) in [4.78, 5) is 28.1. The molecule has 1 unspecified atom stereocenters. The Kier molecular flexibility index (Phi) is 7.16. The molecule has 2 fully saturated rings. The summed E-state index contributed by atoms with van der Waals surface area (Å²) in [5, 5.41) is 21.5. The van der Waals surface area contributed by atoms with Gasteiger partial charge >= 0.3 is 5.97 Å². The van der Waals surface area contributed by atoms with Crippen LogP contribution in [0.25, 0.3) is 12.4 Å². The van der Waals surface area contributed by atoms with E-state index < -0.39 is 17.5 Å². The van der Waals surface area contributed by atoms with Crippen LogP contribution >= 0.6 is 23.2 Å². The number of likely N-dealkylation sites (tertiary alicyclic amines) is 2. The average molecular weight is 456 g/mol. The van der Waals surface area contributed by atoms with E-state index in [9.17, 15) is 19.8 Å². The molecule has 2 heterocycles. The van der Waals surface area contributed by atoms with Crippen molar-refractivity contribution in [3.63, 3.8) is 0 Å². The van der Waals surface area contributed by atoms with Crippen molar-refractivity contribution in [3.8, 4) is 0 Å². The predicted molar refractivity (Wildman–Crippen MR) is 116 cm³/mol. The van der Waals surface area contributed by atoms with Crippen LogP contribution in [0.4, 0.5) is 0 Å². The van der Waals surface area contributed by atoms with Gasteiger partial charge in [-0.1, -0.05) is 23.2 Å². The van der Waals surface area contributed by atoms with Gasteiger partial charge < -0.3 is 25.7 Å². The number of benzene rings is 1. The summed E-state index contributed by atoms with van der Waals surface area (Å²) in [5.41, 5.74) is 2.23. The molecule has 0 bridgehead atoms. The van der Waals surface area contributed by atoms with E-state index >= 15 is 0 Å². The number of carboxylic acid groups (broad SMARTS) is 1. The topological polar surface area (TPSA) is 107 Å². The third-order valence-corrected chi connectivity index (χ3v) is 6.64. The fourth-order valence-electron chi connectivity index (χ4n) is 4.01. The van der Waals surface area contributed by atoms with Gasteiger partial charge in [0.2, 0.25) is 0 Å². The molecule has 2 aliphatic heterocycles. The SMILES string of the molecule is NC(=O)C(O)(C(=O)O)c1cc(=CN2CCCCC2)c(Cl)c(Cl)c1=CN1CCCCC1. The second-order valence-electron chi connectivity index (χ2n) is 7.89. The summed E-state index contributed by atoms with van der Waals surface area (Å²) in [5.74, 6) is -3.14. The van der Waals surface area contributed by atoms with Crippen LogP contribution < -0.4 is 16.2 Å². The zero-order valence-electron chi connectivity index (χ0n) is 16.7. The Bertz CT molecular complexity index is 925. The van der Waals surface area contributed by atoms with Crippen LogP contribution in [0.5, 0.6) is 0 Å². The molecule has 1 atom stereocenters. The fraction of sp³-hybridized carbons (Fsp3) is 0.524. The minimum Gasteiger partial charge on any atom is -0.478 e. The van der Waals surface area contributed by atoms with Crippen molar-refractivity contribution < 1.29 is 19.8 Å². The number of nitrogens with two attached hydrogens (primary N) is 1. The van der Waals surface area contributed by atoms with Crippen LogP contribution in [0.15, 0.2) is 6.07 Å². The highest BCUT2D eigenvalue weighted by Gasteiger charge is 2.46. The molecular formula is C21H27Cl2N3O4. The Labute approximate surface area is 185 Å². The maximum absolute atomic E-state index is 12.1. The number of amides is 1. The lowest BCUT2D eigenvalue weighted by atomic mass is 9.90. The third kappa shape index (κ3) is 4.53. The molecule has 1 amide bonds. The van der Waals surface area contributed by atoms with Gasteiger partial charge in [-0.2, -0.15) is 0 Å². The van der Waals surface area contributed by atoms with Crippen LogP contribution in [-0.4, -0.2) is 58.1 Å². The van der Waals surface area contributed by atoms with Gasteiger partial charge in [0.1, 0.15) is 0 Å². The molecule has 0 aliphatic carbocycles. The third-order valence-electron chi connectivity index (χ3n) is 5.74. The number of piperidine rings is 2. The zero-order chi connectivity index (χ0) is 21.9. The van der Waals surface area contributed by atoms with E-state index in [-0.39, 0.29) is 20.8 Å². The Morgan fingerprint density at radius 3 is 1.90 bits per heavy atom. The van der Waals surface area contributed by atoms with E-state index in [0.29, 0.717) is 5.22 Å². The van der Waals surface area contributed by atoms with Crippen molar-refractivity contribution in [2.24, 2.45) is 5.73 Å².